The van der Waals surface area contributed by atoms with Crippen LogP contribution in [0.1, 0.15) is 6.92 Å². The van der Waals surface area contributed by atoms with Crippen molar-refractivity contribution >= 4 is 16.1 Å². The molecule has 0 fully saturated rings. The van der Waals surface area contributed by atoms with Crippen LogP contribution in [0, 0.1) is 0 Å². The normalized spacial score (nSPS) is 9.20. The Hall–Kier alpha value is 0.0800. The molecule has 84 valence electrons. The first kappa shape index (κ1) is 20.5. The van der Waals surface area contributed by atoms with Crippen LogP contribution in [0.15, 0.2) is 12.7 Å². The Bertz CT molecular complexity index is 261. The molecule has 0 atom stereocenters. The summed E-state index contributed by atoms with van der Waals surface area (Å²) >= 11 is 0. The van der Waals surface area contributed by atoms with Crippen molar-refractivity contribution in [2.24, 2.45) is 0 Å². The van der Waals surface area contributed by atoms with Gasteiger partial charge in [-0.15, -0.1) is 0 Å². The van der Waals surface area contributed by atoms with Crippen molar-refractivity contribution in [2.45, 2.75) is 6.92 Å². The molecule has 0 aromatic heterocycles. The zero-order chi connectivity index (χ0) is 11.6. The average Bonchev–Trinajstić information content (AvgIpc) is 2.04. The zero-order valence-electron chi connectivity index (χ0n) is 8.80. The Kier molecular flexibility index (Phi) is 16.6. The molecule has 15 heavy (non-hydrogen) atoms. The molecular formula is C7H13NaO6S. The van der Waals surface area contributed by atoms with E-state index >= 15 is 0 Å². The van der Waals surface area contributed by atoms with Crippen LogP contribution < -0.4 is 34.7 Å². The van der Waals surface area contributed by atoms with E-state index in [4.69, 9.17) is 14.5 Å². The number of carbonyl (C=O) groups excluding carboxylic acids is 1. The molecule has 0 aliphatic rings. The summed E-state index contributed by atoms with van der Waals surface area (Å²) in [5.74, 6) is -1.55. The molecule has 0 aliphatic carbocycles. The van der Waals surface area contributed by atoms with Gasteiger partial charge in [-0.05, 0) is 13.0 Å². The number of hydrogen-bond donors (Lipinski definition) is 1. The minimum Gasteiger partial charge on any atom is -0.545 e. The summed E-state index contributed by atoms with van der Waals surface area (Å²) < 4.78 is 32.8. The minimum atomic E-state index is -3.82. The maximum atomic E-state index is 9.98. The molecule has 0 saturated heterocycles. The summed E-state index contributed by atoms with van der Waals surface area (Å²) in [7, 11) is -3.82. The summed E-state index contributed by atoms with van der Waals surface area (Å²) in [4.78, 5) is 9.14. The first-order chi connectivity index (χ1) is 6.33. The van der Waals surface area contributed by atoms with Crippen LogP contribution >= 0.6 is 0 Å². The molecule has 0 heterocycles. The molecule has 8 heteroatoms. The number of carboxylic acid groups (broad SMARTS) is 1. The van der Waals surface area contributed by atoms with Gasteiger partial charge in [-0.3, -0.25) is 4.55 Å². The standard InChI is InChI=1S/C4H10O4S.C3H4O2.Na/c1-2-8-3-4-9(5,6)7;1-2-3(4)5;/h2-4H2,1H3,(H,5,6,7);2H,1H2,(H,4,5);/q;;+1/p-1. The van der Waals surface area contributed by atoms with Crippen LogP contribution in [0.5, 0.6) is 0 Å². The minimum absolute atomic E-state index is 0. The van der Waals surface area contributed by atoms with E-state index in [2.05, 4.69) is 11.3 Å². The molecule has 0 saturated carbocycles. The molecule has 0 rings (SSSR count). The van der Waals surface area contributed by atoms with Gasteiger partial charge in [0.1, 0.15) is 0 Å². The van der Waals surface area contributed by atoms with Gasteiger partial charge in [0.2, 0.25) is 0 Å². The molecular weight excluding hydrogens is 235 g/mol. The summed E-state index contributed by atoms with van der Waals surface area (Å²) in [5, 5.41) is 9.14. The summed E-state index contributed by atoms with van der Waals surface area (Å²) in [6.07, 6.45) is 0.722. The van der Waals surface area contributed by atoms with Gasteiger partial charge in [0.25, 0.3) is 10.1 Å². The number of carbonyl (C=O) groups is 1. The van der Waals surface area contributed by atoms with Crippen molar-refractivity contribution in [3.8, 4) is 0 Å². The Labute approximate surface area is 111 Å². The second-order valence-corrected chi connectivity index (χ2v) is 3.58. The summed E-state index contributed by atoms with van der Waals surface area (Å²) in [6.45, 7) is 5.18. The average molecular weight is 248 g/mol. The number of carboxylic acids is 1. The van der Waals surface area contributed by atoms with Crippen LogP contribution in [0.2, 0.25) is 0 Å². The van der Waals surface area contributed by atoms with E-state index in [0.717, 1.165) is 6.08 Å². The second kappa shape index (κ2) is 12.2. The maximum absolute atomic E-state index is 9.98. The van der Waals surface area contributed by atoms with Gasteiger partial charge in [0.15, 0.2) is 0 Å². The molecule has 0 aliphatic heterocycles. The monoisotopic (exact) mass is 248 g/mol. The van der Waals surface area contributed by atoms with Crippen LogP contribution in [-0.4, -0.2) is 37.9 Å². The molecule has 0 amide bonds. The smallest absolute Gasteiger partial charge is 0.545 e. The van der Waals surface area contributed by atoms with Gasteiger partial charge in [-0.2, -0.15) is 8.42 Å². The number of ether oxygens (including phenoxy) is 1. The molecule has 6 nitrogen and oxygen atoms in total. The molecule has 1 N–H and O–H groups in total. The quantitative estimate of drug-likeness (QED) is 0.229. The van der Waals surface area contributed by atoms with Gasteiger partial charge in [-0.25, -0.2) is 0 Å². The number of rotatable bonds is 5. The SMILES string of the molecule is C=CC(=O)[O-].CCOCCS(=O)(=O)O.[Na+]. The van der Waals surface area contributed by atoms with Gasteiger partial charge >= 0.3 is 29.6 Å². The first-order valence-electron chi connectivity index (χ1n) is 3.69. The van der Waals surface area contributed by atoms with Gasteiger partial charge < -0.3 is 14.6 Å². The van der Waals surface area contributed by atoms with Crippen molar-refractivity contribution in [3.05, 3.63) is 12.7 Å². The topological polar surface area (TPSA) is 104 Å². The predicted octanol–water partition coefficient (Wildman–Crippen LogP) is -4.16. The van der Waals surface area contributed by atoms with Crippen LogP contribution in [0.25, 0.3) is 0 Å². The van der Waals surface area contributed by atoms with Gasteiger partial charge in [0, 0.05) is 6.61 Å². The van der Waals surface area contributed by atoms with Gasteiger partial charge in [-0.1, -0.05) is 6.58 Å². The second-order valence-electron chi connectivity index (χ2n) is 2.01. The third-order valence-electron chi connectivity index (χ3n) is 0.856. The molecule has 0 bridgehead atoms. The maximum Gasteiger partial charge on any atom is 1.00 e. The van der Waals surface area contributed by atoms with Crippen molar-refractivity contribution in [1.82, 2.24) is 0 Å². The van der Waals surface area contributed by atoms with Crippen molar-refractivity contribution in [3.63, 3.8) is 0 Å². The third-order valence-corrected chi connectivity index (χ3v) is 1.54. The van der Waals surface area contributed by atoms with Crippen LogP contribution in [0.3, 0.4) is 0 Å². The van der Waals surface area contributed by atoms with Gasteiger partial charge in [0.05, 0.1) is 18.3 Å². The first-order valence-corrected chi connectivity index (χ1v) is 5.30. The van der Waals surface area contributed by atoms with E-state index in [1.54, 1.807) is 6.92 Å². The Morgan fingerprint density at radius 3 is 2.20 bits per heavy atom. The van der Waals surface area contributed by atoms with Crippen molar-refractivity contribution < 1.29 is 57.2 Å². The zero-order valence-corrected chi connectivity index (χ0v) is 11.6. The van der Waals surface area contributed by atoms with E-state index in [-0.39, 0.29) is 41.9 Å². The molecule has 0 radical (unpaired) electrons. The Morgan fingerprint density at radius 1 is 1.60 bits per heavy atom. The number of aliphatic carboxylic acids is 1. The molecule has 0 unspecified atom stereocenters. The predicted molar refractivity (Wildman–Crippen MR) is 48.1 cm³/mol. The van der Waals surface area contributed by atoms with Crippen molar-refractivity contribution in [2.75, 3.05) is 19.0 Å². The fourth-order valence-corrected chi connectivity index (χ4v) is 0.637. The van der Waals surface area contributed by atoms with Crippen LogP contribution in [-0.2, 0) is 19.6 Å². The van der Waals surface area contributed by atoms with E-state index in [0.29, 0.717) is 6.61 Å². The fourth-order valence-electron chi connectivity index (χ4n) is 0.309. The Balaban J connectivity index is -0.000000208. The van der Waals surface area contributed by atoms with E-state index in [9.17, 15) is 8.42 Å². The summed E-state index contributed by atoms with van der Waals surface area (Å²) in [6, 6.07) is 0. The van der Waals surface area contributed by atoms with E-state index in [1.807, 2.05) is 0 Å². The largest absolute Gasteiger partial charge is 1.00 e. The molecule has 0 spiro atoms. The molecule has 0 aromatic rings. The van der Waals surface area contributed by atoms with E-state index in [1.165, 1.54) is 0 Å². The third kappa shape index (κ3) is 31.5. The molecule has 0 aromatic carbocycles. The number of hydrogen-bond acceptors (Lipinski definition) is 5. The van der Waals surface area contributed by atoms with Crippen molar-refractivity contribution in [1.29, 1.82) is 0 Å². The fraction of sp³-hybridized carbons (Fsp3) is 0.571. The van der Waals surface area contributed by atoms with E-state index < -0.39 is 16.1 Å². The summed E-state index contributed by atoms with van der Waals surface area (Å²) in [5.41, 5.74) is 0. The van der Waals surface area contributed by atoms with Crippen LogP contribution in [0.4, 0.5) is 0 Å². The Morgan fingerprint density at radius 2 is 2.00 bits per heavy atom.